The number of halogens is 1. The third-order valence-electron chi connectivity index (χ3n) is 3.57. The minimum atomic E-state index is -0.353. The topological polar surface area (TPSA) is 75.4 Å². The van der Waals surface area contributed by atoms with Crippen LogP contribution >= 0.6 is 11.6 Å². The first-order valence-corrected chi connectivity index (χ1v) is 7.99. The van der Waals surface area contributed by atoms with Crippen LogP contribution in [0.4, 0.5) is 5.69 Å². The number of amides is 2. The predicted octanol–water partition coefficient (Wildman–Crippen LogP) is 3.35. The third-order valence-corrected chi connectivity index (χ3v) is 3.81. The molecule has 0 saturated heterocycles. The molecule has 1 aromatic carbocycles. The molecule has 1 N–H and O–H groups in total. The molecule has 7 heteroatoms. The van der Waals surface area contributed by atoms with E-state index in [1.165, 1.54) is 4.90 Å². The molecule has 0 aliphatic heterocycles. The number of likely N-dealkylation sites (N-methyl/N-ethyl adjacent to an activating group) is 1. The zero-order chi connectivity index (χ0) is 17.9. The van der Waals surface area contributed by atoms with Crippen LogP contribution in [0.5, 0.6) is 0 Å². The van der Waals surface area contributed by atoms with Crippen molar-refractivity contribution in [2.75, 3.05) is 18.4 Å². The lowest BCUT2D eigenvalue weighted by Crippen LogP contribution is -2.38. The Labute approximate surface area is 145 Å². The fourth-order valence-corrected chi connectivity index (χ4v) is 2.46. The van der Waals surface area contributed by atoms with Gasteiger partial charge in [-0.15, -0.1) is 0 Å². The van der Waals surface area contributed by atoms with Gasteiger partial charge in [0.2, 0.25) is 11.7 Å². The van der Waals surface area contributed by atoms with Crippen LogP contribution in [-0.2, 0) is 4.79 Å². The Kier molecular flexibility index (Phi) is 5.62. The smallest absolute Gasteiger partial charge is 0.292 e. The molecule has 0 spiro atoms. The lowest BCUT2D eigenvalue weighted by Gasteiger charge is -2.19. The second-order valence-corrected chi connectivity index (χ2v) is 5.91. The molecule has 2 rings (SSSR count). The minimum Gasteiger partial charge on any atom is -0.436 e. The van der Waals surface area contributed by atoms with Gasteiger partial charge in [-0.2, -0.15) is 0 Å². The Hall–Kier alpha value is -2.34. The van der Waals surface area contributed by atoms with Crippen molar-refractivity contribution in [2.45, 2.75) is 27.7 Å². The molecule has 24 heavy (non-hydrogen) atoms. The zero-order valence-electron chi connectivity index (χ0n) is 14.1. The highest BCUT2D eigenvalue weighted by Crippen LogP contribution is 2.20. The largest absolute Gasteiger partial charge is 0.436 e. The third kappa shape index (κ3) is 4.14. The second-order valence-electron chi connectivity index (χ2n) is 5.47. The SMILES string of the molecule is CCN(CC(=O)Nc1cc(Cl)ccc1C)C(=O)c1oc(C)nc1C. The van der Waals surface area contributed by atoms with Crippen LogP contribution in [0.15, 0.2) is 22.6 Å². The quantitative estimate of drug-likeness (QED) is 0.898. The van der Waals surface area contributed by atoms with Gasteiger partial charge in [0.1, 0.15) is 6.54 Å². The van der Waals surface area contributed by atoms with Crippen molar-refractivity contribution in [1.82, 2.24) is 9.88 Å². The van der Waals surface area contributed by atoms with Gasteiger partial charge < -0.3 is 14.6 Å². The summed E-state index contributed by atoms with van der Waals surface area (Å²) in [6.45, 7) is 7.34. The van der Waals surface area contributed by atoms with E-state index in [2.05, 4.69) is 10.3 Å². The Morgan fingerprint density at radius 1 is 1.29 bits per heavy atom. The summed E-state index contributed by atoms with van der Waals surface area (Å²) in [6.07, 6.45) is 0. The number of carbonyl (C=O) groups is 2. The Balaban J connectivity index is 2.09. The van der Waals surface area contributed by atoms with E-state index in [1.54, 1.807) is 32.9 Å². The van der Waals surface area contributed by atoms with E-state index in [0.29, 0.717) is 28.8 Å². The lowest BCUT2D eigenvalue weighted by atomic mass is 10.2. The summed E-state index contributed by atoms with van der Waals surface area (Å²) < 4.78 is 5.34. The number of hydrogen-bond donors (Lipinski definition) is 1. The lowest BCUT2D eigenvalue weighted by molar-refractivity contribution is -0.116. The van der Waals surface area contributed by atoms with Gasteiger partial charge in [0, 0.05) is 24.2 Å². The summed E-state index contributed by atoms with van der Waals surface area (Å²) in [6, 6.07) is 5.25. The standard InChI is InChI=1S/C17H20ClN3O3/c1-5-21(17(23)16-11(3)19-12(4)24-16)9-15(22)20-14-8-13(18)7-6-10(14)2/h6-8H,5,9H2,1-4H3,(H,20,22). The number of hydrogen-bond acceptors (Lipinski definition) is 4. The van der Waals surface area contributed by atoms with Crippen LogP contribution in [-0.4, -0.2) is 34.8 Å². The molecule has 0 saturated carbocycles. The van der Waals surface area contributed by atoms with Crippen LogP contribution in [0.25, 0.3) is 0 Å². The molecule has 6 nitrogen and oxygen atoms in total. The fourth-order valence-electron chi connectivity index (χ4n) is 2.29. The first-order chi connectivity index (χ1) is 11.3. The van der Waals surface area contributed by atoms with Crippen LogP contribution in [0.2, 0.25) is 5.02 Å². The van der Waals surface area contributed by atoms with E-state index < -0.39 is 0 Å². The van der Waals surface area contributed by atoms with Gasteiger partial charge in [-0.1, -0.05) is 17.7 Å². The number of benzene rings is 1. The molecule has 0 unspecified atom stereocenters. The van der Waals surface area contributed by atoms with Crippen molar-refractivity contribution < 1.29 is 14.0 Å². The number of oxazole rings is 1. The van der Waals surface area contributed by atoms with Crippen LogP contribution in [0.3, 0.4) is 0 Å². The van der Waals surface area contributed by atoms with Crippen molar-refractivity contribution >= 4 is 29.1 Å². The summed E-state index contributed by atoms with van der Waals surface area (Å²) in [5.74, 6) is -0.0648. The molecular weight excluding hydrogens is 330 g/mol. The molecule has 0 fully saturated rings. The maximum absolute atomic E-state index is 12.5. The minimum absolute atomic E-state index is 0.0829. The summed E-state index contributed by atoms with van der Waals surface area (Å²) in [7, 11) is 0. The van der Waals surface area contributed by atoms with Crippen LogP contribution in [0, 0.1) is 20.8 Å². The Morgan fingerprint density at radius 3 is 2.58 bits per heavy atom. The predicted molar refractivity (Wildman–Crippen MR) is 92.4 cm³/mol. The number of anilines is 1. The molecule has 0 bridgehead atoms. The number of nitrogens with zero attached hydrogens (tertiary/aromatic N) is 2. The molecule has 0 atom stereocenters. The van der Waals surface area contributed by atoms with Crippen molar-refractivity contribution in [3.8, 4) is 0 Å². The maximum atomic E-state index is 12.5. The van der Waals surface area contributed by atoms with Gasteiger partial charge in [-0.25, -0.2) is 4.98 Å². The van der Waals surface area contributed by atoms with Crippen molar-refractivity contribution in [1.29, 1.82) is 0 Å². The summed E-state index contributed by atoms with van der Waals surface area (Å²) >= 11 is 5.95. The van der Waals surface area contributed by atoms with E-state index in [4.69, 9.17) is 16.0 Å². The molecule has 2 aromatic rings. The first kappa shape index (κ1) is 18.0. The molecule has 1 heterocycles. The molecule has 0 aliphatic carbocycles. The van der Waals surface area contributed by atoms with Gasteiger partial charge in [-0.3, -0.25) is 9.59 Å². The van der Waals surface area contributed by atoms with Crippen molar-refractivity contribution in [3.05, 3.63) is 46.1 Å². The van der Waals surface area contributed by atoms with Gasteiger partial charge in [0.15, 0.2) is 5.89 Å². The maximum Gasteiger partial charge on any atom is 0.292 e. The van der Waals surface area contributed by atoms with Crippen LogP contribution in [0.1, 0.15) is 34.6 Å². The average Bonchev–Trinajstić information content (AvgIpc) is 2.86. The normalized spacial score (nSPS) is 10.5. The zero-order valence-corrected chi connectivity index (χ0v) is 14.9. The second kappa shape index (κ2) is 7.49. The molecule has 2 amide bonds. The van der Waals surface area contributed by atoms with E-state index in [0.717, 1.165) is 5.56 Å². The van der Waals surface area contributed by atoms with E-state index >= 15 is 0 Å². The van der Waals surface area contributed by atoms with Gasteiger partial charge in [0.25, 0.3) is 5.91 Å². The van der Waals surface area contributed by atoms with Crippen LogP contribution < -0.4 is 5.32 Å². The summed E-state index contributed by atoms with van der Waals surface area (Å²) in [5.41, 5.74) is 2.04. The highest BCUT2D eigenvalue weighted by molar-refractivity contribution is 6.31. The Morgan fingerprint density at radius 2 is 2.00 bits per heavy atom. The van der Waals surface area contributed by atoms with Gasteiger partial charge in [0.05, 0.1) is 5.69 Å². The Bertz CT molecular complexity index is 770. The van der Waals surface area contributed by atoms with Crippen molar-refractivity contribution in [3.63, 3.8) is 0 Å². The van der Waals surface area contributed by atoms with Crippen molar-refractivity contribution in [2.24, 2.45) is 0 Å². The molecule has 0 radical (unpaired) electrons. The van der Waals surface area contributed by atoms with E-state index in [9.17, 15) is 9.59 Å². The monoisotopic (exact) mass is 349 g/mol. The number of rotatable bonds is 5. The first-order valence-electron chi connectivity index (χ1n) is 7.61. The molecular formula is C17H20ClN3O3. The molecule has 1 aromatic heterocycles. The fraction of sp³-hybridized carbons (Fsp3) is 0.353. The van der Waals surface area contributed by atoms with Gasteiger partial charge in [-0.05, 0) is 38.5 Å². The summed E-state index contributed by atoms with van der Waals surface area (Å²) in [4.78, 5) is 30.3. The van der Waals surface area contributed by atoms with E-state index in [-0.39, 0.29) is 24.1 Å². The molecule has 128 valence electrons. The average molecular weight is 350 g/mol. The van der Waals surface area contributed by atoms with E-state index in [1.807, 2.05) is 13.0 Å². The molecule has 0 aliphatic rings. The highest BCUT2D eigenvalue weighted by atomic mass is 35.5. The summed E-state index contributed by atoms with van der Waals surface area (Å²) in [5, 5.41) is 3.31. The number of aryl methyl sites for hydroxylation is 3. The number of aromatic nitrogens is 1. The number of carbonyl (C=O) groups excluding carboxylic acids is 2. The number of nitrogens with one attached hydrogen (secondary N) is 1. The highest BCUT2D eigenvalue weighted by Gasteiger charge is 2.23. The van der Waals surface area contributed by atoms with Gasteiger partial charge >= 0.3 is 0 Å².